The number of hydrogen-bond acceptors (Lipinski definition) is 4. The molecule has 0 fully saturated rings. The van der Waals surface area contributed by atoms with Gasteiger partial charge >= 0.3 is 6.03 Å². The molecule has 0 saturated heterocycles. The van der Waals surface area contributed by atoms with Crippen molar-refractivity contribution < 1.29 is 14.3 Å². The van der Waals surface area contributed by atoms with Gasteiger partial charge in [-0.1, -0.05) is 6.07 Å². The van der Waals surface area contributed by atoms with Crippen LogP contribution in [0.1, 0.15) is 17.0 Å². The van der Waals surface area contributed by atoms with E-state index in [1.54, 1.807) is 0 Å². The third-order valence-corrected chi connectivity index (χ3v) is 3.26. The Morgan fingerprint density at radius 1 is 1.33 bits per heavy atom. The second-order valence-electron chi connectivity index (χ2n) is 4.80. The predicted molar refractivity (Wildman–Crippen MR) is 76.5 cm³/mol. The lowest BCUT2D eigenvalue weighted by Crippen LogP contribution is -2.28. The van der Waals surface area contributed by atoms with Crippen LogP contribution in [0.2, 0.25) is 0 Å². The van der Waals surface area contributed by atoms with Crippen LogP contribution < -0.4 is 20.1 Å². The van der Waals surface area contributed by atoms with Gasteiger partial charge in [0.25, 0.3) is 0 Å². The number of nitrogens with zero attached hydrogens (tertiary/aromatic N) is 1. The molecule has 2 aromatic rings. The van der Waals surface area contributed by atoms with Gasteiger partial charge in [0.05, 0.1) is 17.1 Å². The summed E-state index contributed by atoms with van der Waals surface area (Å²) in [7, 11) is 0. The number of aromatic nitrogens is 2. The van der Waals surface area contributed by atoms with Gasteiger partial charge in [-0.05, 0) is 31.5 Å². The van der Waals surface area contributed by atoms with Crippen LogP contribution in [0.4, 0.5) is 10.5 Å². The molecular formula is C14H16N4O3. The molecule has 1 aromatic carbocycles. The maximum Gasteiger partial charge on any atom is 0.319 e. The van der Waals surface area contributed by atoms with E-state index in [0.717, 1.165) is 22.7 Å². The Morgan fingerprint density at radius 3 is 2.90 bits per heavy atom. The van der Waals surface area contributed by atoms with Gasteiger partial charge in [-0.3, -0.25) is 5.10 Å². The minimum Gasteiger partial charge on any atom is -0.454 e. The highest BCUT2D eigenvalue weighted by Gasteiger charge is 2.14. The Balaban J connectivity index is 1.59. The van der Waals surface area contributed by atoms with Gasteiger partial charge in [-0.15, -0.1) is 0 Å². The number of nitrogens with one attached hydrogen (secondary N) is 3. The highest BCUT2D eigenvalue weighted by molar-refractivity contribution is 5.90. The average Bonchev–Trinajstić information content (AvgIpc) is 3.06. The van der Waals surface area contributed by atoms with Crippen molar-refractivity contribution in [1.82, 2.24) is 15.5 Å². The molecule has 2 heterocycles. The highest BCUT2D eigenvalue weighted by Crippen LogP contribution is 2.32. The van der Waals surface area contributed by atoms with Gasteiger partial charge in [-0.25, -0.2) is 4.79 Å². The Labute approximate surface area is 121 Å². The van der Waals surface area contributed by atoms with Crippen LogP contribution in [0.3, 0.4) is 0 Å². The first-order valence-corrected chi connectivity index (χ1v) is 6.58. The number of H-pyrrole nitrogens is 1. The van der Waals surface area contributed by atoms with E-state index in [1.807, 2.05) is 32.0 Å². The lowest BCUT2D eigenvalue weighted by molar-refractivity contribution is 0.174. The maximum atomic E-state index is 11.9. The average molecular weight is 288 g/mol. The third kappa shape index (κ3) is 2.76. The Morgan fingerprint density at radius 2 is 2.14 bits per heavy atom. The van der Waals surface area contributed by atoms with E-state index >= 15 is 0 Å². The lowest BCUT2D eigenvalue weighted by Gasteiger charge is -2.08. The molecule has 7 heteroatoms. The number of aromatic amines is 1. The lowest BCUT2D eigenvalue weighted by atomic mass is 10.2. The van der Waals surface area contributed by atoms with Gasteiger partial charge in [0.2, 0.25) is 6.79 Å². The molecular weight excluding hydrogens is 272 g/mol. The van der Waals surface area contributed by atoms with Crippen molar-refractivity contribution >= 4 is 11.7 Å². The third-order valence-electron chi connectivity index (χ3n) is 3.26. The van der Waals surface area contributed by atoms with Crippen LogP contribution in [0.5, 0.6) is 11.5 Å². The summed E-state index contributed by atoms with van der Waals surface area (Å²) in [6, 6.07) is 5.31. The summed E-state index contributed by atoms with van der Waals surface area (Å²) in [5.74, 6) is 1.43. The van der Waals surface area contributed by atoms with E-state index in [-0.39, 0.29) is 12.8 Å². The molecule has 1 aromatic heterocycles. The molecule has 0 unspecified atom stereocenters. The van der Waals surface area contributed by atoms with Gasteiger partial charge < -0.3 is 20.1 Å². The summed E-state index contributed by atoms with van der Waals surface area (Å²) in [5.41, 5.74) is 3.23. The number of ether oxygens (including phenoxy) is 2. The zero-order chi connectivity index (χ0) is 14.8. The van der Waals surface area contributed by atoms with E-state index < -0.39 is 0 Å². The summed E-state index contributed by atoms with van der Waals surface area (Å²) >= 11 is 0. The zero-order valence-electron chi connectivity index (χ0n) is 11.8. The second kappa shape index (κ2) is 5.35. The van der Waals surface area contributed by atoms with Gasteiger partial charge in [0, 0.05) is 6.54 Å². The first-order chi connectivity index (χ1) is 10.1. The normalized spacial score (nSPS) is 12.3. The molecule has 3 N–H and O–H groups in total. The summed E-state index contributed by atoms with van der Waals surface area (Å²) in [6.07, 6.45) is 0. The Bertz CT molecular complexity index is 661. The Hall–Kier alpha value is -2.70. The summed E-state index contributed by atoms with van der Waals surface area (Å²) in [6.45, 7) is 4.33. The van der Waals surface area contributed by atoms with Gasteiger partial charge in [-0.2, -0.15) is 5.10 Å². The van der Waals surface area contributed by atoms with Crippen molar-refractivity contribution in [1.29, 1.82) is 0 Å². The number of rotatable bonds is 3. The molecule has 0 aliphatic carbocycles. The summed E-state index contributed by atoms with van der Waals surface area (Å²) in [4.78, 5) is 11.9. The molecule has 3 rings (SSSR count). The fraction of sp³-hybridized carbons (Fsp3) is 0.286. The number of carbonyl (C=O) groups excluding carboxylic acids is 1. The number of benzene rings is 1. The van der Waals surface area contributed by atoms with Gasteiger partial charge in [0.1, 0.15) is 0 Å². The Kier molecular flexibility index (Phi) is 3.39. The molecule has 0 atom stereocenters. The topological polar surface area (TPSA) is 88.3 Å². The smallest absolute Gasteiger partial charge is 0.319 e. The summed E-state index contributed by atoms with van der Waals surface area (Å²) < 4.78 is 10.5. The second-order valence-corrected chi connectivity index (χ2v) is 4.80. The van der Waals surface area contributed by atoms with Crippen LogP contribution >= 0.6 is 0 Å². The first kappa shape index (κ1) is 13.3. The molecule has 0 radical (unpaired) electrons. The number of anilines is 1. The van der Waals surface area contributed by atoms with E-state index in [0.29, 0.717) is 18.0 Å². The molecule has 0 saturated carbocycles. The van der Waals surface area contributed by atoms with Crippen molar-refractivity contribution in [2.24, 2.45) is 0 Å². The van der Waals surface area contributed by atoms with Gasteiger partial charge in [0.15, 0.2) is 11.5 Å². The molecule has 2 amide bonds. The number of aryl methyl sites for hydroxylation is 2. The molecule has 0 spiro atoms. The van der Waals surface area contributed by atoms with Crippen LogP contribution in [0, 0.1) is 13.8 Å². The molecule has 0 bridgehead atoms. The van der Waals surface area contributed by atoms with Crippen LogP contribution in [0.25, 0.3) is 0 Å². The van der Waals surface area contributed by atoms with E-state index in [2.05, 4.69) is 20.8 Å². The molecule has 7 nitrogen and oxygen atoms in total. The van der Waals surface area contributed by atoms with Crippen LogP contribution in [-0.2, 0) is 6.54 Å². The maximum absolute atomic E-state index is 11.9. The monoisotopic (exact) mass is 288 g/mol. The van der Waals surface area contributed by atoms with Crippen molar-refractivity contribution in [3.05, 3.63) is 35.2 Å². The minimum atomic E-state index is -0.278. The molecule has 110 valence electrons. The van der Waals surface area contributed by atoms with Crippen molar-refractivity contribution in [3.8, 4) is 11.5 Å². The molecule has 21 heavy (non-hydrogen) atoms. The number of hydrogen-bond donors (Lipinski definition) is 3. The van der Waals surface area contributed by atoms with E-state index in [4.69, 9.17) is 9.47 Å². The zero-order valence-corrected chi connectivity index (χ0v) is 11.8. The SMILES string of the molecule is Cc1n[nH]c(C)c1NC(=O)NCc1ccc2c(c1)OCO2. The fourth-order valence-corrected chi connectivity index (χ4v) is 2.13. The number of carbonyl (C=O) groups is 1. The van der Waals surface area contributed by atoms with E-state index in [9.17, 15) is 4.79 Å². The van der Waals surface area contributed by atoms with Crippen LogP contribution in [-0.4, -0.2) is 23.0 Å². The van der Waals surface area contributed by atoms with E-state index in [1.165, 1.54) is 0 Å². The van der Waals surface area contributed by atoms with Crippen LogP contribution in [0.15, 0.2) is 18.2 Å². The van der Waals surface area contributed by atoms with Crippen molar-refractivity contribution in [3.63, 3.8) is 0 Å². The number of amides is 2. The first-order valence-electron chi connectivity index (χ1n) is 6.58. The molecule has 1 aliphatic heterocycles. The minimum absolute atomic E-state index is 0.242. The fourth-order valence-electron chi connectivity index (χ4n) is 2.13. The highest BCUT2D eigenvalue weighted by atomic mass is 16.7. The van der Waals surface area contributed by atoms with Crippen molar-refractivity contribution in [2.45, 2.75) is 20.4 Å². The summed E-state index contributed by atoms with van der Waals surface area (Å²) in [5, 5.41) is 12.4. The standard InChI is InChI=1S/C14H16N4O3/c1-8-13(9(2)18-17-8)16-14(19)15-6-10-3-4-11-12(5-10)21-7-20-11/h3-5H,6-7H2,1-2H3,(H,17,18)(H2,15,16,19). The quantitative estimate of drug-likeness (QED) is 0.806. The predicted octanol–water partition coefficient (Wildman–Crippen LogP) is 2.08. The number of fused-ring (bicyclic) bond motifs is 1. The van der Waals surface area contributed by atoms with Crippen molar-refractivity contribution in [2.75, 3.05) is 12.1 Å². The largest absolute Gasteiger partial charge is 0.454 e. The number of urea groups is 1. The molecule has 1 aliphatic rings.